The summed E-state index contributed by atoms with van der Waals surface area (Å²) in [5.41, 5.74) is 7.49. The maximum atomic E-state index is 2.36. The van der Waals surface area contributed by atoms with Gasteiger partial charge in [0.1, 0.15) is 0 Å². The Morgan fingerprint density at radius 1 is 0.205 bits per heavy atom. The molecule has 0 saturated carbocycles. The normalized spacial score (nSPS) is 11.6. The highest BCUT2D eigenvalue weighted by Gasteiger charge is 2.13. The predicted molar refractivity (Wildman–Crippen MR) is 190 cm³/mol. The van der Waals surface area contributed by atoms with Crippen molar-refractivity contribution >= 4 is 53.9 Å². The lowest BCUT2D eigenvalue weighted by atomic mass is 9.89. The molecule has 0 aliphatic rings. The lowest BCUT2D eigenvalue weighted by Crippen LogP contribution is -1.88. The molecule has 0 nitrogen and oxygen atoms in total. The van der Waals surface area contributed by atoms with E-state index in [0.29, 0.717) is 0 Å². The maximum absolute atomic E-state index is 2.36. The van der Waals surface area contributed by atoms with Crippen LogP contribution >= 0.6 is 0 Å². The van der Waals surface area contributed by atoms with Gasteiger partial charge in [0.2, 0.25) is 0 Å². The summed E-state index contributed by atoms with van der Waals surface area (Å²) in [6, 6.07) is 62.4. The van der Waals surface area contributed by atoms with Crippen LogP contribution in [0.2, 0.25) is 0 Å². The van der Waals surface area contributed by atoms with E-state index >= 15 is 0 Å². The van der Waals surface area contributed by atoms with Crippen molar-refractivity contribution < 1.29 is 0 Å². The molecule has 9 aromatic carbocycles. The Morgan fingerprint density at radius 3 is 1.45 bits per heavy atom. The van der Waals surface area contributed by atoms with Gasteiger partial charge < -0.3 is 0 Å². The van der Waals surface area contributed by atoms with E-state index < -0.39 is 0 Å². The van der Waals surface area contributed by atoms with Crippen molar-refractivity contribution in [1.29, 1.82) is 0 Å². The largest absolute Gasteiger partial charge is 0.0616 e. The van der Waals surface area contributed by atoms with Gasteiger partial charge in [0.15, 0.2) is 0 Å². The molecule has 44 heavy (non-hydrogen) atoms. The SMILES string of the molecule is c1cc(-c2ccc3ccccc3c2)cc(-c2ccc3cc(-c4c5ccccc5cc5c4ccc4ccccc45)ccc3c2)c1. The first-order chi connectivity index (χ1) is 21.8. The monoisotopic (exact) mass is 556 g/mol. The van der Waals surface area contributed by atoms with E-state index in [2.05, 4.69) is 170 Å². The summed E-state index contributed by atoms with van der Waals surface area (Å²) in [6.07, 6.45) is 0. The Morgan fingerprint density at radius 2 is 0.705 bits per heavy atom. The molecule has 9 aromatic rings. The third-order valence-electron chi connectivity index (χ3n) is 9.18. The van der Waals surface area contributed by atoms with Crippen molar-refractivity contribution in [3.05, 3.63) is 170 Å². The zero-order chi connectivity index (χ0) is 29.0. The van der Waals surface area contributed by atoms with Gasteiger partial charge in [-0.15, -0.1) is 0 Å². The van der Waals surface area contributed by atoms with Crippen LogP contribution in [-0.4, -0.2) is 0 Å². The van der Waals surface area contributed by atoms with Gasteiger partial charge in [-0.2, -0.15) is 0 Å². The number of rotatable bonds is 3. The first kappa shape index (κ1) is 24.8. The van der Waals surface area contributed by atoms with Gasteiger partial charge in [-0.1, -0.05) is 140 Å². The molecule has 0 N–H and O–H groups in total. The van der Waals surface area contributed by atoms with Gasteiger partial charge in [-0.25, -0.2) is 0 Å². The van der Waals surface area contributed by atoms with Crippen molar-refractivity contribution in [2.75, 3.05) is 0 Å². The molecule has 0 heterocycles. The van der Waals surface area contributed by atoms with Crippen LogP contribution < -0.4 is 0 Å². The molecule has 0 aromatic heterocycles. The third-order valence-corrected chi connectivity index (χ3v) is 9.18. The van der Waals surface area contributed by atoms with Gasteiger partial charge in [0.25, 0.3) is 0 Å². The van der Waals surface area contributed by atoms with Crippen LogP contribution in [0, 0.1) is 0 Å². The van der Waals surface area contributed by atoms with Gasteiger partial charge in [0.05, 0.1) is 0 Å². The highest BCUT2D eigenvalue weighted by Crippen LogP contribution is 2.40. The fourth-order valence-electron chi connectivity index (χ4n) is 6.96. The third kappa shape index (κ3) is 4.07. The topological polar surface area (TPSA) is 0 Å². The van der Waals surface area contributed by atoms with Crippen LogP contribution in [0.15, 0.2) is 170 Å². The van der Waals surface area contributed by atoms with Crippen LogP contribution in [0.3, 0.4) is 0 Å². The van der Waals surface area contributed by atoms with Crippen LogP contribution in [0.25, 0.3) is 87.2 Å². The molecule has 0 aliphatic heterocycles. The predicted octanol–water partition coefficient (Wildman–Crippen LogP) is 12.5. The molecule has 0 atom stereocenters. The van der Waals surface area contributed by atoms with Crippen molar-refractivity contribution in [3.8, 4) is 33.4 Å². The second kappa shape index (κ2) is 9.93. The van der Waals surface area contributed by atoms with E-state index in [4.69, 9.17) is 0 Å². The van der Waals surface area contributed by atoms with E-state index in [1.807, 2.05) is 0 Å². The summed E-state index contributed by atoms with van der Waals surface area (Å²) in [4.78, 5) is 0. The summed E-state index contributed by atoms with van der Waals surface area (Å²) in [5.74, 6) is 0. The first-order valence-corrected chi connectivity index (χ1v) is 15.3. The fourth-order valence-corrected chi connectivity index (χ4v) is 6.96. The standard InChI is InChI=1S/C44H28/c1-2-10-31-24-34(17-16-29(31)8-1)32-12-7-13-33(25-32)35-18-19-37-27-39(21-20-36(37)26-35)44-41-15-6-4-11-38(41)28-43-40-14-5-3-9-30(40)22-23-42(43)44/h1-28H. The molecule has 204 valence electrons. The number of benzene rings is 9. The average molecular weight is 557 g/mol. The zero-order valence-electron chi connectivity index (χ0n) is 24.2. The van der Waals surface area contributed by atoms with Gasteiger partial charge in [0, 0.05) is 0 Å². The van der Waals surface area contributed by atoms with Crippen molar-refractivity contribution in [1.82, 2.24) is 0 Å². The minimum Gasteiger partial charge on any atom is -0.0616 e. The molecule has 0 amide bonds. The van der Waals surface area contributed by atoms with E-state index in [1.54, 1.807) is 0 Å². The minimum absolute atomic E-state index is 1.23. The molecule has 0 saturated heterocycles. The molecule has 0 unspecified atom stereocenters. The zero-order valence-corrected chi connectivity index (χ0v) is 24.2. The number of hydrogen-bond acceptors (Lipinski definition) is 0. The Bertz CT molecular complexity index is 2550. The molecule has 0 radical (unpaired) electrons. The van der Waals surface area contributed by atoms with E-state index in [1.165, 1.54) is 87.2 Å². The summed E-state index contributed by atoms with van der Waals surface area (Å²) in [5, 5.41) is 12.8. The molecule has 9 rings (SSSR count). The highest BCUT2D eigenvalue weighted by molar-refractivity contribution is 6.20. The highest BCUT2D eigenvalue weighted by atomic mass is 14.2. The van der Waals surface area contributed by atoms with Gasteiger partial charge in [-0.05, 0) is 118 Å². The van der Waals surface area contributed by atoms with Gasteiger partial charge in [-0.3, -0.25) is 0 Å². The van der Waals surface area contributed by atoms with E-state index in [-0.39, 0.29) is 0 Å². The summed E-state index contributed by atoms with van der Waals surface area (Å²) in [6.45, 7) is 0. The summed E-state index contributed by atoms with van der Waals surface area (Å²) in [7, 11) is 0. The minimum atomic E-state index is 1.23. The number of fused-ring (bicyclic) bond motifs is 6. The first-order valence-electron chi connectivity index (χ1n) is 15.3. The molecule has 0 fully saturated rings. The van der Waals surface area contributed by atoms with E-state index in [9.17, 15) is 0 Å². The second-order valence-corrected chi connectivity index (χ2v) is 11.8. The lowest BCUT2D eigenvalue weighted by Gasteiger charge is -2.15. The van der Waals surface area contributed by atoms with Crippen molar-refractivity contribution in [2.45, 2.75) is 0 Å². The van der Waals surface area contributed by atoms with Crippen LogP contribution in [-0.2, 0) is 0 Å². The van der Waals surface area contributed by atoms with Crippen molar-refractivity contribution in [3.63, 3.8) is 0 Å². The van der Waals surface area contributed by atoms with Gasteiger partial charge >= 0.3 is 0 Å². The molecular weight excluding hydrogens is 528 g/mol. The molecule has 0 bridgehead atoms. The summed E-state index contributed by atoms with van der Waals surface area (Å²) < 4.78 is 0. The average Bonchev–Trinajstić information content (AvgIpc) is 3.10. The van der Waals surface area contributed by atoms with Crippen LogP contribution in [0.5, 0.6) is 0 Å². The van der Waals surface area contributed by atoms with Crippen molar-refractivity contribution in [2.24, 2.45) is 0 Å². The van der Waals surface area contributed by atoms with E-state index in [0.717, 1.165) is 0 Å². The fraction of sp³-hybridized carbons (Fsp3) is 0. The molecular formula is C44H28. The molecule has 0 aliphatic carbocycles. The molecule has 0 spiro atoms. The Kier molecular flexibility index (Phi) is 5.61. The number of hydrogen-bond donors (Lipinski definition) is 0. The Labute approximate surface area is 256 Å². The summed E-state index contributed by atoms with van der Waals surface area (Å²) >= 11 is 0. The van der Waals surface area contributed by atoms with Crippen LogP contribution in [0.4, 0.5) is 0 Å². The Hall–Kier alpha value is -5.72. The smallest absolute Gasteiger partial charge is 0.00264 e. The Balaban J connectivity index is 1.16. The lowest BCUT2D eigenvalue weighted by molar-refractivity contribution is 1.61. The quantitative estimate of drug-likeness (QED) is 0.150. The maximum Gasteiger partial charge on any atom is -0.00264 e. The molecule has 0 heteroatoms. The second-order valence-electron chi connectivity index (χ2n) is 11.8. The van der Waals surface area contributed by atoms with Crippen LogP contribution in [0.1, 0.15) is 0 Å².